The maximum Gasteiger partial charge on any atom is 0.341 e. The summed E-state index contributed by atoms with van der Waals surface area (Å²) in [5.41, 5.74) is -0.582. The molecule has 0 aromatic rings. The molecule has 5 unspecified atom stereocenters. The summed E-state index contributed by atoms with van der Waals surface area (Å²) in [6, 6.07) is 0. The van der Waals surface area contributed by atoms with Crippen molar-refractivity contribution in [1.82, 2.24) is 0 Å². The lowest BCUT2D eigenvalue weighted by Crippen LogP contribution is -2.50. The van der Waals surface area contributed by atoms with Gasteiger partial charge in [0.25, 0.3) is 0 Å². The minimum Gasteiger partial charge on any atom is -0.454 e. The number of hydrogen-bond donors (Lipinski definition) is 1. The summed E-state index contributed by atoms with van der Waals surface area (Å²) < 4.78 is 16.4. The van der Waals surface area contributed by atoms with Crippen LogP contribution in [-0.4, -0.2) is 53.3 Å². The number of esters is 2. The number of epoxide rings is 1. The molecule has 2 rings (SSSR count). The van der Waals surface area contributed by atoms with Crippen molar-refractivity contribution < 1.29 is 33.7 Å². The highest BCUT2D eigenvalue weighted by molar-refractivity contribution is 6.02. The molecule has 2 aliphatic rings. The van der Waals surface area contributed by atoms with Crippen LogP contribution in [0.3, 0.4) is 0 Å². The topological polar surface area (TPSA) is 102 Å². The van der Waals surface area contributed by atoms with Gasteiger partial charge >= 0.3 is 11.9 Å². The lowest BCUT2D eigenvalue weighted by Gasteiger charge is -2.37. The summed E-state index contributed by atoms with van der Waals surface area (Å²) in [4.78, 5) is 37.5. The molecule has 0 saturated carbocycles. The summed E-state index contributed by atoms with van der Waals surface area (Å²) in [6.45, 7) is 9.88. The van der Waals surface area contributed by atoms with E-state index in [-0.39, 0.29) is 17.6 Å². The third kappa shape index (κ3) is 4.14. The second-order valence-electron chi connectivity index (χ2n) is 7.57. The number of aliphatic hydroxyl groups is 1. The van der Waals surface area contributed by atoms with Crippen LogP contribution in [0.2, 0.25) is 0 Å². The number of ether oxygens (including phenoxy) is 3. The van der Waals surface area contributed by atoms with Crippen LogP contribution in [0.5, 0.6) is 0 Å². The van der Waals surface area contributed by atoms with E-state index in [1.165, 1.54) is 6.08 Å². The van der Waals surface area contributed by atoms with E-state index in [2.05, 4.69) is 0 Å². The van der Waals surface area contributed by atoms with Crippen LogP contribution in [-0.2, 0) is 28.6 Å². The molecule has 7 nitrogen and oxygen atoms in total. The number of rotatable bonds is 6. The summed E-state index contributed by atoms with van der Waals surface area (Å²) in [5, 5.41) is 9.55. The molecule has 150 valence electrons. The molecule has 0 amide bonds. The molecule has 0 aromatic heterocycles. The molecule has 1 aliphatic heterocycles. The SMILES string of the molecule is CC=C(C)C(=O)OC1C=C(CO)C(=O)C(OC(=O)C2(C)OC2C)C1C(C)C. The monoisotopic (exact) mass is 380 g/mol. The van der Waals surface area contributed by atoms with Crippen molar-refractivity contribution in [2.75, 3.05) is 6.61 Å². The molecular formula is C20H28O7. The fraction of sp³-hybridized carbons (Fsp3) is 0.650. The number of carbonyl (C=O) groups excluding carboxylic acids is 3. The zero-order chi connectivity index (χ0) is 20.5. The molecule has 1 saturated heterocycles. The highest BCUT2D eigenvalue weighted by atomic mass is 16.7. The van der Waals surface area contributed by atoms with Gasteiger partial charge in [-0.25, -0.2) is 9.59 Å². The van der Waals surface area contributed by atoms with Gasteiger partial charge in [-0.15, -0.1) is 0 Å². The zero-order valence-corrected chi connectivity index (χ0v) is 16.6. The van der Waals surface area contributed by atoms with E-state index in [1.54, 1.807) is 33.8 Å². The Bertz CT molecular complexity index is 690. The van der Waals surface area contributed by atoms with Gasteiger partial charge in [-0.2, -0.15) is 0 Å². The van der Waals surface area contributed by atoms with Crippen LogP contribution in [0, 0.1) is 11.8 Å². The molecular weight excluding hydrogens is 352 g/mol. The Morgan fingerprint density at radius 3 is 2.41 bits per heavy atom. The van der Waals surface area contributed by atoms with Gasteiger partial charge in [-0.1, -0.05) is 19.9 Å². The van der Waals surface area contributed by atoms with Crippen molar-refractivity contribution >= 4 is 17.7 Å². The molecule has 7 heteroatoms. The largest absolute Gasteiger partial charge is 0.454 e. The minimum atomic E-state index is -1.15. The van der Waals surface area contributed by atoms with E-state index in [0.717, 1.165) is 0 Å². The third-order valence-corrected chi connectivity index (χ3v) is 5.39. The first-order valence-electron chi connectivity index (χ1n) is 9.15. The van der Waals surface area contributed by atoms with E-state index < -0.39 is 48.1 Å². The first-order valence-corrected chi connectivity index (χ1v) is 9.15. The van der Waals surface area contributed by atoms with E-state index in [9.17, 15) is 19.5 Å². The van der Waals surface area contributed by atoms with Crippen molar-refractivity contribution in [3.8, 4) is 0 Å². The van der Waals surface area contributed by atoms with Crippen LogP contribution >= 0.6 is 0 Å². The molecule has 27 heavy (non-hydrogen) atoms. The van der Waals surface area contributed by atoms with Crippen molar-refractivity contribution in [1.29, 1.82) is 0 Å². The van der Waals surface area contributed by atoms with Crippen molar-refractivity contribution in [3.05, 3.63) is 23.3 Å². The summed E-state index contributed by atoms with van der Waals surface area (Å²) in [7, 11) is 0. The van der Waals surface area contributed by atoms with Gasteiger partial charge in [0.2, 0.25) is 5.78 Å². The highest BCUT2D eigenvalue weighted by Crippen LogP contribution is 2.39. The molecule has 5 atom stereocenters. The first kappa shape index (κ1) is 21.3. The van der Waals surface area contributed by atoms with Gasteiger partial charge in [0.05, 0.1) is 12.7 Å². The smallest absolute Gasteiger partial charge is 0.341 e. The van der Waals surface area contributed by atoms with Crippen LogP contribution in [0.15, 0.2) is 23.3 Å². The van der Waals surface area contributed by atoms with E-state index in [4.69, 9.17) is 14.2 Å². The van der Waals surface area contributed by atoms with Gasteiger partial charge in [0.1, 0.15) is 6.10 Å². The van der Waals surface area contributed by atoms with Crippen LogP contribution < -0.4 is 0 Å². The molecule has 0 bridgehead atoms. The quantitative estimate of drug-likeness (QED) is 0.425. The van der Waals surface area contributed by atoms with Gasteiger partial charge in [0.15, 0.2) is 11.7 Å². The summed E-state index contributed by atoms with van der Waals surface area (Å²) >= 11 is 0. The Kier molecular flexibility index (Phi) is 6.27. The van der Waals surface area contributed by atoms with Gasteiger partial charge in [0, 0.05) is 17.1 Å². The summed E-state index contributed by atoms with van der Waals surface area (Å²) in [6.07, 6.45) is 0.842. The standard InChI is InChI=1S/C20H28O7/c1-7-11(4)18(23)25-14-8-13(9-21)16(22)17(15(14)10(2)3)26-19(24)20(6)12(5)27-20/h7-8,10,12,14-15,17,21H,9H2,1-6H3. The number of carbonyl (C=O) groups is 3. The second kappa shape index (κ2) is 7.94. The number of aliphatic hydroxyl groups excluding tert-OH is 1. The average molecular weight is 380 g/mol. The molecule has 0 radical (unpaired) electrons. The maximum absolute atomic E-state index is 12.8. The zero-order valence-electron chi connectivity index (χ0n) is 16.6. The number of Topliss-reactive ketones (excluding diaryl/α,β-unsaturated/α-hetero) is 1. The number of allylic oxidation sites excluding steroid dienone is 1. The lowest BCUT2D eigenvalue weighted by atomic mass is 9.77. The van der Waals surface area contributed by atoms with Gasteiger partial charge in [-0.05, 0) is 39.7 Å². The number of ketones is 1. The molecule has 1 aliphatic carbocycles. The second-order valence-corrected chi connectivity index (χ2v) is 7.57. The third-order valence-electron chi connectivity index (χ3n) is 5.39. The number of hydrogen-bond acceptors (Lipinski definition) is 7. The Balaban J connectivity index is 2.33. The van der Waals surface area contributed by atoms with Crippen molar-refractivity contribution in [3.63, 3.8) is 0 Å². The Morgan fingerprint density at radius 2 is 1.96 bits per heavy atom. The van der Waals surface area contributed by atoms with Crippen LogP contribution in [0.25, 0.3) is 0 Å². The fourth-order valence-corrected chi connectivity index (χ4v) is 3.14. The molecule has 0 spiro atoms. The van der Waals surface area contributed by atoms with Gasteiger partial charge < -0.3 is 19.3 Å². The fourth-order valence-electron chi connectivity index (χ4n) is 3.14. The predicted octanol–water partition coefficient (Wildman–Crippen LogP) is 1.73. The Labute approximate surface area is 159 Å². The minimum absolute atomic E-state index is 0.0653. The average Bonchev–Trinajstić information content (AvgIpc) is 3.24. The Hall–Kier alpha value is -1.99. The molecule has 1 heterocycles. The normalized spacial score (nSPS) is 33.6. The lowest BCUT2D eigenvalue weighted by molar-refractivity contribution is -0.170. The highest BCUT2D eigenvalue weighted by Gasteiger charge is 2.59. The molecule has 1 N–H and O–H groups in total. The van der Waals surface area contributed by atoms with Crippen molar-refractivity contribution in [2.45, 2.75) is 65.5 Å². The van der Waals surface area contributed by atoms with Crippen LogP contribution in [0.4, 0.5) is 0 Å². The summed E-state index contributed by atoms with van der Waals surface area (Å²) in [5.74, 6) is -2.32. The molecule has 0 aromatic carbocycles. The Morgan fingerprint density at radius 1 is 1.37 bits per heavy atom. The van der Waals surface area contributed by atoms with Crippen LogP contribution in [0.1, 0.15) is 41.5 Å². The van der Waals surface area contributed by atoms with E-state index in [0.29, 0.717) is 5.57 Å². The van der Waals surface area contributed by atoms with Crippen molar-refractivity contribution in [2.24, 2.45) is 11.8 Å². The van der Waals surface area contributed by atoms with E-state index >= 15 is 0 Å². The molecule has 1 fully saturated rings. The maximum atomic E-state index is 12.8. The predicted molar refractivity (Wildman–Crippen MR) is 96.6 cm³/mol. The van der Waals surface area contributed by atoms with E-state index in [1.807, 2.05) is 13.8 Å². The van der Waals surface area contributed by atoms with Gasteiger partial charge in [-0.3, -0.25) is 4.79 Å². The first-order chi connectivity index (χ1) is 12.6.